The van der Waals surface area contributed by atoms with Crippen LogP contribution in [0.25, 0.3) is 5.69 Å². The van der Waals surface area contributed by atoms with Crippen molar-refractivity contribution >= 4 is 29.0 Å². The Morgan fingerprint density at radius 1 is 0.972 bits per heavy atom. The van der Waals surface area contributed by atoms with Crippen LogP contribution in [0.4, 0.5) is 5.69 Å². The maximum atomic E-state index is 11.9. The van der Waals surface area contributed by atoms with Gasteiger partial charge in [-0.1, -0.05) is 32.0 Å². The number of thiocarbonyl (C=S) groups is 1. The number of nitrogens with zero attached hydrogens (tertiary/aromatic N) is 3. The summed E-state index contributed by atoms with van der Waals surface area (Å²) in [6.45, 7) is 4.38. The number of rotatable bonds is 6. The number of ether oxygens (including phenoxy) is 1. The lowest BCUT2D eigenvalue weighted by atomic mass is 9.99. The number of esters is 1. The predicted octanol–water partition coefficient (Wildman–Crippen LogP) is 5.96. The fourth-order valence-electron chi connectivity index (χ4n) is 4.70. The van der Waals surface area contributed by atoms with Crippen LogP contribution in [-0.2, 0) is 4.74 Å². The summed E-state index contributed by atoms with van der Waals surface area (Å²) in [6, 6.07) is 25.8. The lowest BCUT2D eigenvalue weighted by Crippen LogP contribution is -2.30. The number of hydrogen-bond donors (Lipinski definition) is 1. The van der Waals surface area contributed by atoms with Crippen molar-refractivity contribution in [3.63, 3.8) is 0 Å². The number of anilines is 1. The van der Waals surface area contributed by atoms with E-state index >= 15 is 0 Å². The Kier molecular flexibility index (Phi) is 6.57. The molecule has 1 aliphatic heterocycles. The molecule has 0 amide bonds. The smallest absolute Gasteiger partial charge is 0.337 e. The van der Waals surface area contributed by atoms with Crippen molar-refractivity contribution in [2.24, 2.45) is 0 Å². The van der Waals surface area contributed by atoms with E-state index in [2.05, 4.69) is 63.9 Å². The van der Waals surface area contributed by atoms with E-state index < -0.39 is 0 Å². The third kappa shape index (κ3) is 4.38. The second kappa shape index (κ2) is 9.95. The van der Waals surface area contributed by atoms with Crippen LogP contribution in [0.1, 0.15) is 59.2 Å². The summed E-state index contributed by atoms with van der Waals surface area (Å²) in [5.41, 5.74) is 5.72. The standard InChI is InChI=1S/C29H28N4O2S/c1-19(2)20-9-15-23(16-10-20)33-27(26(31-29(33)36)24-7-4-5-17-30-24)25-8-6-18-32(25)22-13-11-21(12-14-22)28(34)35-3/h4-19,26-27H,1-3H3,(H,31,36). The van der Waals surface area contributed by atoms with Gasteiger partial charge in [-0.05, 0) is 84.4 Å². The molecule has 4 aromatic rings. The molecule has 1 saturated heterocycles. The zero-order valence-corrected chi connectivity index (χ0v) is 21.3. The highest BCUT2D eigenvalue weighted by Gasteiger charge is 2.42. The van der Waals surface area contributed by atoms with E-state index in [1.807, 2.05) is 48.8 Å². The predicted molar refractivity (Wildman–Crippen MR) is 146 cm³/mol. The Balaban J connectivity index is 1.60. The van der Waals surface area contributed by atoms with Crippen molar-refractivity contribution in [1.29, 1.82) is 0 Å². The van der Waals surface area contributed by atoms with Gasteiger partial charge < -0.3 is 19.5 Å². The van der Waals surface area contributed by atoms with E-state index in [0.717, 1.165) is 22.8 Å². The molecule has 2 aromatic carbocycles. The van der Waals surface area contributed by atoms with Crippen molar-refractivity contribution in [2.45, 2.75) is 31.8 Å². The molecule has 0 bridgehead atoms. The molecule has 2 atom stereocenters. The third-order valence-corrected chi connectivity index (χ3v) is 6.90. The molecule has 0 saturated carbocycles. The fourth-order valence-corrected chi connectivity index (χ4v) is 5.05. The van der Waals surface area contributed by atoms with Crippen molar-refractivity contribution in [3.8, 4) is 5.69 Å². The van der Waals surface area contributed by atoms with Crippen LogP contribution in [0.5, 0.6) is 0 Å². The van der Waals surface area contributed by atoms with E-state index in [0.29, 0.717) is 16.6 Å². The van der Waals surface area contributed by atoms with Crippen LogP contribution in [0.15, 0.2) is 91.3 Å². The van der Waals surface area contributed by atoms with Crippen molar-refractivity contribution in [3.05, 3.63) is 114 Å². The molecule has 1 N–H and O–H groups in total. The lowest BCUT2D eigenvalue weighted by Gasteiger charge is -2.29. The van der Waals surface area contributed by atoms with Crippen molar-refractivity contribution < 1.29 is 9.53 Å². The highest BCUT2D eigenvalue weighted by atomic mass is 32.1. The minimum Gasteiger partial charge on any atom is -0.465 e. The number of nitrogens with one attached hydrogen (secondary N) is 1. The lowest BCUT2D eigenvalue weighted by molar-refractivity contribution is 0.0600. The van der Waals surface area contributed by atoms with E-state index in [4.69, 9.17) is 17.0 Å². The first-order chi connectivity index (χ1) is 17.5. The highest BCUT2D eigenvalue weighted by molar-refractivity contribution is 7.80. The first kappa shape index (κ1) is 23.8. The molecule has 2 aromatic heterocycles. The number of methoxy groups -OCH3 is 1. The molecule has 5 rings (SSSR count). The molecule has 0 radical (unpaired) electrons. The summed E-state index contributed by atoms with van der Waals surface area (Å²) < 4.78 is 6.98. The second-order valence-corrected chi connectivity index (χ2v) is 9.47. The first-order valence-corrected chi connectivity index (χ1v) is 12.4. The van der Waals surface area contributed by atoms with Gasteiger partial charge in [-0.2, -0.15) is 0 Å². The Hall–Kier alpha value is -3.97. The van der Waals surface area contributed by atoms with Crippen LogP contribution in [0, 0.1) is 0 Å². The molecule has 0 aliphatic carbocycles. The summed E-state index contributed by atoms with van der Waals surface area (Å²) in [6.07, 6.45) is 3.83. The second-order valence-electron chi connectivity index (χ2n) is 9.08. The SMILES string of the molecule is COC(=O)c1ccc(-n2cccc2C2C(c3ccccn3)NC(=S)N2c2ccc(C(C)C)cc2)cc1. The zero-order chi connectivity index (χ0) is 25.2. The van der Waals surface area contributed by atoms with Crippen LogP contribution < -0.4 is 10.2 Å². The number of hydrogen-bond acceptors (Lipinski definition) is 4. The van der Waals surface area contributed by atoms with E-state index in [-0.39, 0.29) is 18.1 Å². The van der Waals surface area contributed by atoms with Gasteiger partial charge >= 0.3 is 5.97 Å². The third-order valence-electron chi connectivity index (χ3n) is 6.59. The molecule has 7 heteroatoms. The summed E-state index contributed by atoms with van der Waals surface area (Å²) in [5, 5.41) is 4.18. The van der Waals surface area contributed by atoms with Crippen LogP contribution in [0.2, 0.25) is 0 Å². The summed E-state index contributed by atoms with van der Waals surface area (Å²) in [5.74, 6) is 0.0934. The maximum absolute atomic E-state index is 11.9. The molecule has 36 heavy (non-hydrogen) atoms. The monoisotopic (exact) mass is 496 g/mol. The first-order valence-electron chi connectivity index (χ1n) is 11.9. The largest absolute Gasteiger partial charge is 0.465 e. The number of benzene rings is 2. The zero-order valence-electron chi connectivity index (χ0n) is 20.5. The number of carbonyl (C=O) groups excluding carboxylic acids is 1. The number of carbonyl (C=O) groups is 1. The van der Waals surface area contributed by atoms with Gasteiger partial charge in [0.15, 0.2) is 5.11 Å². The van der Waals surface area contributed by atoms with Crippen molar-refractivity contribution in [2.75, 3.05) is 12.0 Å². The molecule has 182 valence electrons. The van der Waals surface area contributed by atoms with Crippen LogP contribution in [-0.4, -0.2) is 27.7 Å². The van der Waals surface area contributed by atoms with Gasteiger partial charge in [-0.15, -0.1) is 0 Å². The van der Waals surface area contributed by atoms with E-state index in [1.165, 1.54) is 12.7 Å². The van der Waals surface area contributed by atoms with E-state index in [9.17, 15) is 4.79 Å². The summed E-state index contributed by atoms with van der Waals surface area (Å²) in [4.78, 5) is 18.8. The van der Waals surface area contributed by atoms with Gasteiger partial charge in [0.05, 0.1) is 24.4 Å². The number of pyridine rings is 1. The maximum Gasteiger partial charge on any atom is 0.337 e. The van der Waals surface area contributed by atoms with Gasteiger partial charge in [0.2, 0.25) is 0 Å². The van der Waals surface area contributed by atoms with Gasteiger partial charge in [0.25, 0.3) is 0 Å². The van der Waals surface area contributed by atoms with Crippen LogP contribution in [0.3, 0.4) is 0 Å². The number of aromatic nitrogens is 2. The van der Waals surface area contributed by atoms with Crippen LogP contribution >= 0.6 is 12.2 Å². The summed E-state index contributed by atoms with van der Waals surface area (Å²) >= 11 is 5.88. The minimum absolute atomic E-state index is 0.146. The Morgan fingerprint density at radius 3 is 2.33 bits per heavy atom. The molecular weight excluding hydrogens is 468 g/mol. The molecule has 1 aliphatic rings. The van der Waals surface area contributed by atoms with E-state index in [1.54, 1.807) is 12.1 Å². The molecule has 2 unspecified atom stereocenters. The molecule has 0 spiro atoms. The molecular formula is C29H28N4O2S. The Morgan fingerprint density at radius 2 is 1.69 bits per heavy atom. The highest BCUT2D eigenvalue weighted by Crippen LogP contribution is 2.42. The Bertz CT molecular complexity index is 1360. The average Bonchev–Trinajstić information content (AvgIpc) is 3.53. The molecule has 3 heterocycles. The van der Waals surface area contributed by atoms with Crippen molar-refractivity contribution in [1.82, 2.24) is 14.9 Å². The van der Waals surface area contributed by atoms with Gasteiger partial charge in [-0.3, -0.25) is 4.98 Å². The summed E-state index contributed by atoms with van der Waals surface area (Å²) in [7, 11) is 1.39. The van der Waals surface area contributed by atoms with Gasteiger partial charge in [0, 0.05) is 29.5 Å². The fraction of sp³-hybridized carbons (Fsp3) is 0.207. The van der Waals surface area contributed by atoms with Gasteiger partial charge in [0.1, 0.15) is 6.04 Å². The minimum atomic E-state index is -0.356. The topological polar surface area (TPSA) is 59.4 Å². The Labute approximate surface area is 216 Å². The molecule has 1 fully saturated rings. The molecule has 6 nitrogen and oxygen atoms in total. The normalized spacial score (nSPS) is 17.3. The van der Waals surface area contributed by atoms with Gasteiger partial charge in [-0.25, -0.2) is 4.79 Å². The quantitative estimate of drug-likeness (QED) is 0.263. The average molecular weight is 497 g/mol.